The predicted octanol–water partition coefficient (Wildman–Crippen LogP) is 3.21. The number of methoxy groups -OCH3 is 1. The van der Waals surface area contributed by atoms with Gasteiger partial charge in [0.2, 0.25) is 0 Å². The van der Waals surface area contributed by atoms with Crippen molar-refractivity contribution in [3.63, 3.8) is 0 Å². The minimum Gasteiger partial charge on any atom is -0.495 e. The van der Waals surface area contributed by atoms with Crippen LogP contribution in [0, 0.1) is 10.1 Å². The normalized spacial score (nSPS) is 13.3. The predicted molar refractivity (Wildman–Crippen MR) is 106 cm³/mol. The molecule has 0 fully saturated rings. The van der Waals surface area contributed by atoms with Gasteiger partial charge in [-0.05, 0) is 48.9 Å². The number of carbonyl (C=O) groups excluding carboxylic acids is 2. The van der Waals surface area contributed by atoms with Gasteiger partial charge in [0.05, 0.1) is 24.1 Å². The molecule has 1 aliphatic carbocycles. The third-order valence-electron chi connectivity index (χ3n) is 4.84. The van der Waals surface area contributed by atoms with Crippen LogP contribution in [0.5, 0.6) is 5.75 Å². The van der Waals surface area contributed by atoms with Gasteiger partial charge in [0, 0.05) is 12.1 Å². The molecule has 29 heavy (non-hydrogen) atoms. The number of benzene rings is 2. The number of non-ortho nitro benzene ring substituents is 1. The van der Waals surface area contributed by atoms with E-state index in [2.05, 4.69) is 5.32 Å². The Morgan fingerprint density at radius 1 is 1.17 bits per heavy atom. The van der Waals surface area contributed by atoms with Crippen LogP contribution in [0.1, 0.15) is 30.0 Å². The molecule has 152 valence electrons. The van der Waals surface area contributed by atoms with Gasteiger partial charge < -0.3 is 14.8 Å². The van der Waals surface area contributed by atoms with Crippen molar-refractivity contribution >= 4 is 23.3 Å². The number of nitro benzene ring substituents is 1. The van der Waals surface area contributed by atoms with E-state index in [1.807, 2.05) is 18.2 Å². The SMILES string of the molecule is COc1ccc([N+](=O)[O-])cc1NC(=O)[C@H](C)OC(=O)Cc1ccc2c(c1)CCC2. The average Bonchev–Trinajstić information content (AvgIpc) is 3.15. The van der Waals surface area contributed by atoms with Crippen molar-refractivity contribution < 1.29 is 24.0 Å². The number of nitrogens with zero attached hydrogens (tertiary/aromatic N) is 1. The van der Waals surface area contributed by atoms with Crippen LogP contribution in [0.15, 0.2) is 36.4 Å². The fraction of sp³-hybridized carbons (Fsp3) is 0.333. The van der Waals surface area contributed by atoms with Crippen LogP contribution in [0.25, 0.3) is 0 Å². The van der Waals surface area contributed by atoms with E-state index < -0.39 is 22.9 Å². The Balaban J connectivity index is 1.61. The Morgan fingerprint density at radius 2 is 1.93 bits per heavy atom. The average molecular weight is 398 g/mol. The van der Waals surface area contributed by atoms with Gasteiger partial charge >= 0.3 is 5.97 Å². The van der Waals surface area contributed by atoms with E-state index >= 15 is 0 Å². The molecule has 0 saturated heterocycles. The van der Waals surface area contributed by atoms with Crippen LogP contribution in [0.3, 0.4) is 0 Å². The van der Waals surface area contributed by atoms with Crippen molar-refractivity contribution in [3.8, 4) is 5.75 Å². The van der Waals surface area contributed by atoms with Crippen molar-refractivity contribution in [3.05, 3.63) is 63.2 Å². The second-order valence-corrected chi connectivity index (χ2v) is 6.90. The number of nitro groups is 1. The molecule has 8 nitrogen and oxygen atoms in total. The molecule has 0 unspecified atom stereocenters. The van der Waals surface area contributed by atoms with Crippen LogP contribution >= 0.6 is 0 Å². The molecule has 0 aliphatic heterocycles. The first-order chi connectivity index (χ1) is 13.9. The number of nitrogens with one attached hydrogen (secondary N) is 1. The summed E-state index contributed by atoms with van der Waals surface area (Å²) in [4.78, 5) is 35.0. The maximum absolute atomic E-state index is 12.4. The fourth-order valence-electron chi connectivity index (χ4n) is 3.34. The van der Waals surface area contributed by atoms with Gasteiger partial charge in [0.1, 0.15) is 5.75 Å². The molecule has 0 bridgehead atoms. The highest BCUT2D eigenvalue weighted by molar-refractivity contribution is 5.96. The quantitative estimate of drug-likeness (QED) is 0.436. The third kappa shape index (κ3) is 4.90. The lowest BCUT2D eigenvalue weighted by Crippen LogP contribution is -2.30. The first kappa shape index (κ1) is 20.3. The number of fused-ring (bicyclic) bond motifs is 1. The van der Waals surface area contributed by atoms with Gasteiger partial charge in [-0.25, -0.2) is 0 Å². The van der Waals surface area contributed by atoms with Crippen LogP contribution in [-0.2, 0) is 33.6 Å². The zero-order chi connectivity index (χ0) is 21.0. The van der Waals surface area contributed by atoms with E-state index in [9.17, 15) is 19.7 Å². The Bertz CT molecular complexity index is 956. The molecule has 1 aliphatic rings. The first-order valence-corrected chi connectivity index (χ1v) is 9.31. The largest absolute Gasteiger partial charge is 0.495 e. The maximum Gasteiger partial charge on any atom is 0.311 e. The summed E-state index contributed by atoms with van der Waals surface area (Å²) < 4.78 is 10.3. The lowest BCUT2D eigenvalue weighted by atomic mass is 10.0. The molecule has 2 aromatic rings. The summed E-state index contributed by atoms with van der Waals surface area (Å²) in [6.45, 7) is 1.44. The first-order valence-electron chi connectivity index (χ1n) is 9.31. The number of aryl methyl sites for hydroxylation is 2. The Morgan fingerprint density at radius 3 is 2.66 bits per heavy atom. The molecule has 2 aromatic carbocycles. The number of rotatable bonds is 7. The zero-order valence-corrected chi connectivity index (χ0v) is 16.3. The zero-order valence-electron chi connectivity index (χ0n) is 16.3. The van der Waals surface area contributed by atoms with Crippen LogP contribution in [0.2, 0.25) is 0 Å². The Hall–Kier alpha value is -3.42. The van der Waals surface area contributed by atoms with Crippen LogP contribution in [0.4, 0.5) is 11.4 Å². The number of hydrogen-bond acceptors (Lipinski definition) is 6. The second-order valence-electron chi connectivity index (χ2n) is 6.90. The standard InChI is InChI=1S/C21H22N2O6/c1-13(21(25)22-18-12-17(23(26)27)8-9-19(18)28-2)29-20(24)11-14-6-7-15-4-3-5-16(15)10-14/h6-10,12-13H,3-5,11H2,1-2H3,(H,22,25)/t13-/m0/s1. The van der Waals surface area contributed by atoms with E-state index in [0.717, 1.165) is 24.8 Å². The molecule has 8 heteroatoms. The van der Waals surface area contributed by atoms with Crippen molar-refractivity contribution in [2.24, 2.45) is 0 Å². The topological polar surface area (TPSA) is 108 Å². The van der Waals surface area contributed by atoms with Crippen molar-refractivity contribution in [2.75, 3.05) is 12.4 Å². The van der Waals surface area contributed by atoms with Crippen LogP contribution < -0.4 is 10.1 Å². The minimum atomic E-state index is -1.07. The molecular weight excluding hydrogens is 376 g/mol. The lowest BCUT2D eigenvalue weighted by molar-refractivity contribution is -0.384. The second kappa shape index (κ2) is 8.72. The van der Waals surface area contributed by atoms with E-state index in [-0.39, 0.29) is 23.5 Å². The number of carbonyl (C=O) groups is 2. The summed E-state index contributed by atoms with van der Waals surface area (Å²) in [6.07, 6.45) is 2.22. The minimum absolute atomic E-state index is 0.0744. The van der Waals surface area contributed by atoms with Gasteiger partial charge in [-0.15, -0.1) is 0 Å². The Kier molecular flexibility index (Phi) is 6.11. The smallest absolute Gasteiger partial charge is 0.311 e. The molecule has 3 rings (SSSR count). The van der Waals surface area contributed by atoms with Gasteiger partial charge in [0.25, 0.3) is 11.6 Å². The summed E-state index contributed by atoms with van der Waals surface area (Å²) in [5.41, 5.74) is 3.37. The molecule has 0 heterocycles. The highest BCUT2D eigenvalue weighted by atomic mass is 16.6. The third-order valence-corrected chi connectivity index (χ3v) is 4.84. The number of esters is 1. The Labute approximate surface area is 168 Å². The number of hydrogen-bond donors (Lipinski definition) is 1. The molecule has 1 atom stereocenters. The van der Waals surface area contributed by atoms with Crippen molar-refractivity contribution in [1.29, 1.82) is 0 Å². The van der Waals surface area contributed by atoms with E-state index in [1.165, 1.54) is 43.4 Å². The number of amides is 1. The summed E-state index contributed by atoms with van der Waals surface area (Å²) in [5, 5.41) is 13.5. The summed E-state index contributed by atoms with van der Waals surface area (Å²) in [6, 6.07) is 9.81. The highest BCUT2D eigenvalue weighted by Crippen LogP contribution is 2.29. The number of anilines is 1. The molecule has 0 saturated carbocycles. The summed E-state index contributed by atoms with van der Waals surface area (Å²) in [7, 11) is 1.39. The van der Waals surface area contributed by atoms with Gasteiger partial charge in [0.15, 0.2) is 6.10 Å². The molecule has 0 spiro atoms. The number of ether oxygens (including phenoxy) is 2. The van der Waals surface area contributed by atoms with Gasteiger partial charge in [-0.1, -0.05) is 18.2 Å². The van der Waals surface area contributed by atoms with Crippen LogP contribution in [-0.4, -0.2) is 30.0 Å². The molecule has 0 aromatic heterocycles. The maximum atomic E-state index is 12.4. The summed E-state index contributed by atoms with van der Waals surface area (Å²) in [5.74, 6) is -0.858. The van der Waals surface area contributed by atoms with E-state index in [1.54, 1.807) is 0 Å². The monoisotopic (exact) mass is 398 g/mol. The molecule has 1 amide bonds. The van der Waals surface area contributed by atoms with Crippen molar-refractivity contribution in [2.45, 2.75) is 38.7 Å². The molecule has 0 radical (unpaired) electrons. The summed E-state index contributed by atoms with van der Waals surface area (Å²) >= 11 is 0. The van der Waals surface area contributed by atoms with Gasteiger partial charge in [-0.2, -0.15) is 0 Å². The highest BCUT2D eigenvalue weighted by Gasteiger charge is 2.21. The molecule has 1 N–H and O–H groups in total. The fourth-order valence-corrected chi connectivity index (χ4v) is 3.34. The van der Waals surface area contributed by atoms with E-state index in [0.29, 0.717) is 0 Å². The van der Waals surface area contributed by atoms with E-state index in [4.69, 9.17) is 9.47 Å². The van der Waals surface area contributed by atoms with Gasteiger partial charge in [-0.3, -0.25) is 19.7 Å². The molecular formula is C21H22N2O6. The van der Waals surface area contributed by atoms with Crippen molar-refractivity contribution in [1.82, 2.24) is 0 Å². The lowest BCUT2D eigenvalue weighted by Gasteiger charge is -2.15.